The average Bonchev–Trinajstić information content (AvgIpc) is 3.52. The van der Waals surface area contributed by atoms with E-state index in [4.69, 9.17) is 9.72 Å². The average molecular weight is 509 g/mol. The van der Waals surface area contributed by atoms with Crippen LogP contribution in [-0.4, -0.2) is 16.5 Å². The number of aromatic nitrogens is 1. The summed E-state index contributed by atoms with van der Waals surface area (Å²) in [6.45, 7) is 14.2. The Morgan fingerprint density at radius 2 is 2.00 bits per heavy atom. The summed E-state index contributed by atoms with van der Waals surface area (Å²) in [5.41, 5.74) is 10.3. The molecule has 2 aromatic carbocycles. The zero-order valence-electron chi connectivity index (χ0n) is 21.8. The van der Waals surface area contributed by atoms with E-state index in [2.05, 4.69) is 50.1 Å². The molecule has 0 saturated heterocycles. The fraction of sp³-hybridized carbons (Fsp3) is 0.242. The van der Waals surface area contributed by atoms with Crippen LogP contribution in [0.2, 0.25) is 0 Å². The molecule has 0 radical (unpaired) electrons. The second-order valence-electron chi connectivity index (χ2n) is 10.2. The van der Waals surface area contributed by atoms with Gasteiger partial charge in [-0.15, -0.1) is 6.58 Å². The van der Waals surface area contributed by atoms with Crippen LogP contribution in [0.25, 0.3) is 28.8 Å². The molecule has 1 unspecified atom stereocenters. The van der Waals surface area contributed by atoms with E-state index in [1.54, 1.807) is 6.07 Å². The van der Waals surface area contributed by atoms with Gasteiger partial charge in [0.2, 0.25) is 0 Å². The van der Waals surface area contributed by atoms with Gasteiger partial charge in [-0.2, -0.15) is 0 Å². The predicted molar refractivity (Wildman–Crippen MR) is 150 cm³/mol. The lowest BCUT2D eigenvalue weighted by atomic mass is 9.88. The minimum Gasteiger partial charge on any atom is -0.493 e. The maximum Gasteiger partial charge on any atom is 0.159 e. The topological polar surface area (TPSA) is 25.4 Å². The SMILES string of the molecule is C=CC(C)C1=C(CCC)C(=C)N2Cc3c(nc4cc5c(cc4c3/C=C/c3ccc(F)c(F)c3)OCC5)C2=C1. The summed E-state index contributed by atoms with van der Waals surface area (Å²) < 4.78 is 33.3. The van der Waals surface area contributed by atoms with Gasteiger partial charge in [-0.25, -0.2) is 13.8 Å². The third-order valence-corrected chi connectivity index (χ3v) is 7.84. The van der Waals surface area contributed by atoms with Gasteiger partial charge in [-0.05, 0) is 70.5 Å². The molecule has 3 aliphatic heterocycles. The highest BCUT2D eigenvalue weighted by atomic mass is 19.2. The van der Waals surface area contributed by atoms with Gasteiger partial charge in [0.1, 0.15) is 5.75 Å². The first-order chi connectivity index (χ1) is 18.4. The Kier molecular flexibility index (Phi) is 6.02. The fourth-order valence-electron chi connectivity index (χ4n) is 5.75. The first kappa shape index (κ1) is 24.4. The van der Waals surface area contributed by atoms with E-state index >= 15 is 0 Å². The van der Waals surface area contributed by atoms with Crippen LogP contribution < -0.4 is 4.74 Å². The summed E-state index contributed by atoms with van der Waals surface area (Å²) >= 11 is 0. The number of allylic oxidation sites excluding steroid dienone is 4. The molecule has 1 aromatic heterocycles. The third kappa shape index (κ3) is 3.89. The van der Waals surface area contributed by atoms with E-state index < -0.39 is 11.6 Å². The molecule has 38 heavy (non-hydrogen) atoms. The normalized spacial score (nSPS) is 17.0. The van der Waals surface area contributed by atoms with Crippen molar-refractivity contribution in [3.8, 4) is 5.75 Å². The van der Waals surface area contributed by atoms with Gasteiger partial charge < -0.3 is 9.64 Å². The van der Waals surface area contributed by atoms with Crippen molar-refractivity contribution in [3.63, 3.8) is 0 Å². The minimum atomic E-state index is -0.861. The Labute approximate surface area is 222 Å². The molecule has 0 saturated carbocycles. The van der Waals surface area contributed by atoms with Gasteiger partial charge in [0.25, 0.3) is 0 Å². The molecule has 5 heteroatoms. The molecule has 0 aliphatic carbocycles. The van der Waals surface area contributed by atoms with Crippen LogP contribution in [0.15, 0.2) is 72.5 Å². The number of nitrogens with zero attached hydrogens (tertiary/aromatic N) is 2. The summed E-state index contributed by atoms with van der Waals surface area (Å²) in [6.07, 6.45) is 10.9. The van der Waals surface area contributed by atoms with Crippen molar-refractivity contribution < 1.29 is 13.5 Å². The summed E-state index contributed by atoms with van der Waals surface area (Å²) in [5, 5.41) is 0.982. The van der Waals surface area contributed by atoms with Gasteiger partial charge in [0.05, 0.1) is 30.1 Å². The number of hydrogen-bond acceptors (Lipinski definition) is 3. The van der Waals surface area contributed by atoms with Crippen molar-refractivity contribution >= 4 is 28.8 Å². The van der Waals surface area contributed by atoms with Crippen LogP contribution in [0.4, 0.5) is 8.78 Å². The molecule has 3 aliphatic rings. The third-order valence-electron chi connectivity index (χ3n) is 7.84. The molecular formula is C33H30F2N2O. The van der Waals surface area contributed by atoms with Gasteiger partial charge in [-0.1, -0.05) is 51.1 Å². The number of hydrogen-bond donors (Lipinski definition) is 0. The highest BCUT2D eigenvalue weighted by molar-refractivity contribution is 5.97. The van der Waals surface area contributed by atoms with E-state index in [0.29, 0.717) is 18.7 Å². The number of fused-ring (bicyclic) bond motifs is 5. The van der Waals surface area contributed by atoms with Gasteiger partial charge in [0, 0.05) is 23.1 Å². The molecule has 4 heterocycles. The molecule has 0 amide bonds. The van der Waals surface area contributed by atoms with Crippen LogP contribution in [0.3, 0.4) is 0 Å². The lowest BCUT2D eigenvalue weighted by Crippen LogP contribution is -2.22. The van der Waals surface area contributed by atoms with Gasteiger partial charge in [-0.3, -0.25) is 0 Å². The van der Waals surface area contributed by atoms with Gasteiger partial charge >= 0.3 is 0 Å². The minimum absolute atomic E-state index is 0.195. The maximum atomic E-state index is 13.9. The van der Waals surface area contributed by atoms with E-state index in [1.807, 2.05) is 18.2 Å². The molecule has 6 rings (SSSR count). The van der Waals surface area contributed by atoms with Crippen molar-refractivity contribution in [2.45, 2.75) is 39.7 Å². The van der Waals surface area contributed by atoms with Crippen molar-refractivity contribution in [2.24, 2.45) is 5.92 Å². The van der Waals surface area contributed by atoms with Crippen LogP contribution in [0.1, 0.15) is 54.6 Å². The zero-order chi connectivity index (χ0) is 26.6. The second kappa shape index (κ2) is 9.39. The maximum absolute atomic E-state index is 13.9. The first-order valence-electron chi connectivity index (χ1n) is 13.2. The monoisotopic (exact) mass is 508 g/mol. The number of halogens is 2. The Bertz CT molecular complexity index is 1610. The van der Waals surface area contributed by atoms with E-state index in [-0.39, 0.29) is 5.92 Å². The van der Waals surface area contributed by atoms with Crippen LogP contribution in [-0.2, 0) is 13.0 Å². The zero-order valence-corrected chi connectivity index (χ0v) is 21.8. The molecular weight excluding hydrogens is 478 g/mol. The number of ether oxygens (including phenoxy) is 1. The summed E-state index contributed by atoms with van der Waals surface area (Å²) in [6, 6.07) is 8.15. The number of rotatable bonds is 6. The Hall–Kier alpha value is -3.99. The number of pyridine rings is 1. The van der Waals surface area contributed by atoms with Crippen molar-refractivity contribution in [1.29, 1.82) is 0 Å². The van der Waals surface area contributed by atoms with Crippen molar-refractivity contribution in [1.82, 2.24) is 9.88 Å². The lowest BCUT2D eigenvalue weighted by molar-refractivity contribution is 0.357. The first-order valence-corrected chi connectivity index (χ1v) is 13.2. The molecule has 0 bridgehead atoms. The standard InChI is InChI=1S/C33H30F2N2O/c1-5-7-23-20(4)37-18-27-24(10-8-21-9-11-28(34)29(35)14-21)26-17-32-22(12-13-38-32)15-30(26)36-33(27)31(37)16-25(23)19(3)6-2/h6,8-11,14-17,19H,2,4-5,7,12-13,18H2,1,3H3/b10-8+. The molecule has 3 nitrogen and oxygen atoms in total. The van der Waals surface area contributed by atoms with Crippen LogP contribution >= 0.6 is 0 Å². The Balaban J connectivity index is 1.56. The predicted octanol–water partition coefficient (Wildman–Crippen LogP) is 8.22. The second-order valence-corrected chi connectivity index (χ2v) is 10.2. The molecule has 1 atom stereocenters. The summed E-state index contributed by atoms with van der Waals surface area (Å²) in [7, 11) is 0. The van der Waals surface area contributed by atoms with Crippen LogP contribution in [0.5, 0.6) is 5.75 Å². The number of benzene rings is 2. The highest BCUT2D eigenvalue weighted by Crippen LogP contribution is 2.47. The molecule has 0 fully saturated rings. The highest BCUT2D eigenvalue weighted by Gasteiger charge is 2.35. The molecule has 3 aromatic rings. The quantitative estimate of drug-likeness (QED) is 0.314. The fourth-order valence-corrected chi connectivity index (χ4v) is 5.75. The van der Waals surface area contributed by atoms with Crippen molar-refractivity contribution in [2.75, 3.05) is 6.61 Å². The molecule has 0 N–H and O–H groups in total. The molecule has 0 spiro atoms. The van der Waals surface area contributed by atoms with E-state index in [1.165, 1.54) is 17.2 Å². The molecule has 192 valence electrons. The lowest BCUT2D eigenvalue weighted by Gasteiger charge is -2.32. The largest absolute Gasteiger partial charge is 0.493 e. The van der Waals surface area contributed by atoms with Crippen LogP contribution in [0, 0.1) is 17.6 Å². The summed E-state index contributed by atoms with van der Waals surface area (Å²) in [5.74, 6) is -0.636. The Morgan fingerprint density at radius 1 is 1.16 bits per heavy atom. The Morgan fingerprint density at radius 3 is 2.76 bits per heavy atom. The van der Waals surface area contributed by atoms with Gasteiger partial charge in [0.15, 0.2) is 11.6 Å². The van der Waals surface area contributed by atoms with E-state index in [0.717, 1.165) is 75.8 Å². The van der Waals surface area contributed by atoms with Crippen molar-refractivity contribution in [3.05, 3.63) is 112 Å². The van der Waals surface area contributed by atoms with E-state index in [9.17, 15) is 8.78 Å². The smallest absolute Gasteiger partial charge is 0.159 e. The summed E-state index contributed by atoms with van der Waals surface area (Å²) in [4.78, 5) is 7.45.